The zero-order valence-electron chi connectivity index (χ0n) is 12.0. The fourth-order valence-corrected chi connectivity index (χ4v) is 2.74. The van der Waals surface area contributed by atoms with E-state index in [2.05, 4.69) is 29.0 Å². The predicted molar refractivity (Wildman–Crippen MR) is 78.4 cm³/mol. The van der Waals surface area contributed by atoms with Crippen LogP contribution in [0, 0.1) is 0 Å². The van der Waals surface area contributed by atoms with Gasteiger partial charge in [-0.15, -0.1) is 0 Å². The molecule has 0 aliphatic carbocycles. The Morgan fingerprint density at radius 3 is 2.58 bits per heavy atom. The van der Waals surface area contributed by atoms with Crippen LogP contribution in [0.1, 0.15) is 18.9 Å². The van der Waals surface area contributed by atoms with Crippen molar-refractivity contribution in [2.24, 2.45) is 0 Å². The van der Waals surface area contributed by atoms with E-state index in [0.717, 1.165) is 44.6 Å². The van der Waals surface area contributed by atoms with Gasteiger partial charge in [-0.2, -0.15) is 0 Å². The Morgan fingerprint density at radius 2 is 1.89 bits per heavy atom. The van der Waals surface area contributed by atoms with E-state index in [1.165, 1.54) is 6.42 Å². The van der Waals surface area contributed by atoms with Crippen molar-refractivity contribution in [1.29, 1.82) is 0 Å². The maximum atomic E-state index is 11.6. The second-order valence-corrected chi connectivity index (χ2v) is 5.83. The van der Waals surface area contributed by atoms with Gasteiger partial charge in [0.15, 0.2) is 0 Å². The summed E-state index contributed by atoms with van der Waals surface area (Å²) >= 11 is 0. The maximum absolute atomic E-state index is 11.6. The Kier molecular flexibility index (Phi) is 4.72. The van der Waals surface area contributed by atoms with Gasteiger partial charge in [-0.3, -0.25) is 0 Å². The van der Waals surface area contributed by atoms with Gasteiger partial charge in [-0.05, 0) is 39.0 Å². The van der Waals surface area contributed by atoms with Crippen LogP contribution in [0.3, 0.4) is 0 Å². The lowest BCUT2D eigenvalue weighted by Crippen LogP contribution is -2.41. The summed E-state index contributed by atoms with van der Waals surface area (Å²) in [4.78, 5) is 16.4. The van der Waals surface area contributed by atoms with Crippen LogP contribution in [-0.4, -0.2) is 55.9 Å². The molecule has 1 saturated heterocycles. The van der Waals surface area contributed by atoms with Gasteiger partial charge in [-0.25, -0.2) is 0 Å². The summed E-state index contributed by atoms with van der Waals surface area (Å²) in [5, 5.41) is 0. The smallest absolute Gasteiger partial charge is 0.131 e. The monoisotopic (exact) mass is 260 g/mol. The fourth-order valence-electron chi connectivity index (χ4n) is 2.74. The summed E-state index contributed by atoms with van der Waals surface area (Å²) in [7, 11) is 2.17. The fraction of sp³-hybridized carbons (Fsp3) is 0.562. The number of hydrogen-bond acceptors (Lipinski definition) is 3. The minimum atomic E-state index is -0.399. The van der Waals surface area contributed by atoms with Gasteiger partial charge in [0.2, 0.25) is 0 Å². The van der Waals surface area contributed by atoms with Gasteiger partial charge in [0, 0.05) is 19.6 Å². The summed E-state index contributed by atoms with van der Waals surface area (Å²) < 4.78 is 0. The van der Waals surface area contributed by atoms with E-state index >= 15 is 0 Å². The largest absolute Gasteiger partial charge is 0.305 e. The first kappa shape index (κ1) is 14.2. The number of aldehydes is 1. The molecule has 0 spiro atoms. The van der Waals surface area contributed by atoms with E-state index in [-0.39, 0.29) is 0 Å². The number of nitrogens with zero attached hydrogens (tertiary/aromatic N) is 2. The number of benzene rings is 1. The van der Waals surface area contributed by atoms with Crippen molar-refractivity contribution in [2.75, 3.05) is 39.8 Å². The molecule has 0 saturated carbocycles. The molecule has 1 fully saturated rings. The van der Waals surface area contributed by atoms with Crippen LogP contribution in [0.15, 0.2) is 30.3 Å². The summed E-state index contributed by atoms with van der Waals surface area (Å²) in [6.45, 7) is 7.23. The molecule has 0 N–H and O–H groups in total. The topological polar surface area (TPSA) is 23.6 Å². The van der Waals surface area contributed by atoms with Crippen LogP contribution in [0.2, 0.25) is 0 Å². The van der Waals surface area contributed by atoms with E-state index in [4.69, 9.17) is 0 Å². The van der Waals surface area contributed by atoms with Gasteiger partial charge >= 0.3 is 0 Å². The Bertz CT molecular complexity index is 406. The molecular weight excluding hydrogens is 236 g/mol. The van der Waals surface area contributed by atoms with Crippen LogP contribution in [0.5, 0.6) is 0 Å². The molecular formula is C16H24N2O. The first-order valence-corrected chi connectivity index (χ1v) is 7.07. The molecule has 0 amide bonds. The third kappa shape index (κ3) is 3.64. The Balaban J connectivity index is 2.08. The van der Waals surface area contributed by atoms with Crippen molar-refractivity contribution in [2.45, 2.75) is 18.8 Å². The molecule has 0 bridgehead atoms. The quantitative estimate of drug-likeness (QED) is 0.771. The molecule has 3 heteroatoms. The molecule has 19 heavy (non-hydrogen) atoms. The highest BCUT2D eigenvalue weighted by atomic mass is 16.1. The molecule has 1 aromatic carbocycles. The van der Waals surface area contributed by atoms with Crippen molar-refractivity contribution >= 4 is 6.29 Å². The van der Waals surface area contributed by atoms with Gasteiger partial charge in [0.05, 0.1) is 5.41 Å². The van der Waals surface area contributed by atoms with Crippen LogP contribution in [0.25, 0.3) is 0 Å². The highest BCUT2D eigenvalue weighted by Crippen LogP contribution is 2.23. The molecule has 1 aromatic rings. The molecule has 104 valence electrons. The standard InChI is InChI=1S/C16H24N2O/c1-16(14-19,15-7-4-3-5-8-15)13-18-10-6-9-17(2)11-12-18/h3-5,7-8,14H,6,9-13H2,1-2H3. The number of rotatable bonds is 4. The molecule has 3 nitrogen and oxygen atoms in total. The number of carbonyl (C=O) groups excluding carboxylic acids is 1. The van der Waals surface area contributed by atoms with Crippen molar-refractivity contribution in [1.82, 2.24) is 9.80 Å². The first-order valence-electron chi connectivity index (χ1n) is 7.07. The van der Waals surface area contributed by atoms with Crippen LogP contribution in [0.4, 0.5) is 0 Å². The van der Waals surface area contributed by atoms with E-state index in [0.29, 0.717) is 0 Å². The third-order valence-corrected chi connectivity index (χ3v) is 4.06. The average Bonchev–Trinajstić information content (AvgIpc) is 2.64. The minimum Gasteiger partial charge on any atom is -0.305 e. The Hall–Kier alpha value is -1.19. The minimum absolute atomic E-state index is 0.399. The van der Waals surface area contributed by atoms with E-state index in [9.17, 15) is 4.79 Å². The molecule has 0 radical (unpaired) electrons. The third-order valence-electron chi connectivity index (χ3n) is 4.06. The molecule has 1 atom stereocenters. The van der Waals surface area contributed by atoms with Crippen molar-refractivity contribution < 1.29 is 4.79 Å². The lowest BCUT2D eigenvalue weighted by molar-refractivity contribution is -0.112. The first-order chi connectivity index (χ1) is 9.14. The summed E-state index contributed by atoms with van der Waals surface area (Å²) in [5.41, 5.74) is 0.715. The lowest BCUT2D eigenvalue weighted by Gasteiger charge is -2.31. The number of likely N-dealkylation sites (N-methyl/N-ethyl adjacent to an activating group) is 1. The van der Waals surface area contributed by atoms with Gasteiger partial charge in [0.25, 0.3) is 0 Å². The molecule has 1 heterocycles. The highest BCUT2D eigenvalue weighted by molar-refractivity contribution is 5.68. The summed E-state index contributed by atoms with van der Waals surface area (Å²) in [5.74, 6) is 0. The summed E-state index contributed by atoms with van der Waals surface area (Å²) in [6, 6.07) is 10.1. The van der Waals surface area contributed by atoms with Crippen LogP contribution in [-0.2, 0) is 10.2 Å². The maximum Gasteiger partial charge on any atom is 0.131 e. The molecule has 0 aromatic heterocycles. The normalized spacial score (nSPS) is 21.6. The van der Waals surface area contributed by atoms with Gasteiger partial charge in [-0.1, -0.05) is 30.3 Å². The van der Waals surface area contributed by atoms with Gasteiger partial charge < -0.3 is 14.6 Å². The van der Waals surface area contributed by atoms with E-state index in [1.807, 2.05) is 25.1 Å². The Labute approximate surface area is 116 Å². The molecule has 1 unspecified atom stereocenters. The molecule has 2 rings (SSSR count). The average molecular weight is 260 g/mol. The highest BCUT2D eigenvalue weighted by Gasteiger charge is 2.29. The summed E-state index contributed by atoms with van der Waals surface area (Å²) in [6.07, 6.45) is 2.29. The zero-order valence-corrected chi connectivity index (χ0v) is 12.0. The SMILES string of the molecule is CN1CCCN(CC(C)(C=O)c2ccccc2)CC1. The molecule has 1 aliphatic rings. The Morgan fingerprint density at radius 1 is 1.16 bits per heavy atom. The van der Waals surface area contributed by atoms with Crippen molar-refractivity contribution in [3.63, 3.8) is 0 Å². The van der Waals surface area contributed by atoms with Crippen LogP contribution >= 0.6 is 0 Å². The predicted octanol–water partition coefficient (Wildman–Crippen LogP) is 1.78. The van der Waals surface area contributed by atoms with Crippen LogP contribution < -0.4 is 0 Å². The van der Waals surface area contributed by atoms with Crippen molar-refractivity contribution in [3.8, 4) is 0 Å². The number of hydrogen-bond donors (Lipinski definition) is 0. The van der Waals surface area contributed by atoms with E-state index < -0.39 is 5.41 Å². The lowest BCUT2D eigenvalue weighted by atomic mass is 9.83. The second-order valence-electron chi connectivity index (χ2n) is 5.83. The second kappa shape index (κ2) is 6.31. The van der Waals surface area contributed by atoms with E-state index in [1.54, 1.807) is 0 Å². The number of carbonyl (C=O) groups is 1. The zero-order chi connectivity index (χ0) is 13.7. The van der Waals surface area contributed by atoms with Crippen molar-refractivity contribution in [3.05, 3.63) is 35.9 Å². The molecule has 1 aliphatic heterocycles. The van der Waals surface area contributed by atoms with Gasteiger partial charge in [0.1, 0.15) is 6.29 Å².